The molecule has 2 rings (SSSR count). The molecular weight excluding hydrogens is 254 g/mol. The highest BCUT2D eigenvalue weighted by Gasteiger charge is 2.29. The maximum atomic E-state index is 12.5. The van der Waals surface area contributed by atoms with Crippen molar-refractivity contribution in [2.24, 2.45) is 5.73 Å². The van der Waals surface area contributed by atoms with Crippen LogP contribution in [-0.4, -0.2) is 44.6 Å². The molecule has 0 radical (unpaired) electrons. The van der Waals surface area contributed by atoms with Crippen molar-refractivity contribution in [1.82, 2.24) is 20.1 Å². The maximum absolute atomic E-state index is 12.5. The number of aromatic nitrogens is 3. The van der Waals surface area contributed by atoms with Crippen molar-refractivity contribution in [3.05, 3.63) is 11.6 Å². The van der Waals surface area contributed by atoms with E-state index in [1.165, 1.54) is 0 Å². The van der Waals surface area contributed by atoms with Gasteiger partial charge in [0.1, 0.15) is 5.82 Å². The van der Waals surface area contributed by atoms with E-state index in [1.807, 2.05) is 25.7 Å². The van der Waals surface area contributed by atoms with Gasteiger partial charge in [0.25, 0.3) is 5.91 Å². The summed E-state index contributed by atoms with van der Waals surface area (Å²) in [5.41, 5.74) is 5.93. The van der Waals surface area contributed by atoms with Gasteiger partial charge in [0.05, 0.1) is 0 Å². The molecule has 0 spiro atoms. The average Bonchev–Trinajstić information content (AvgIpc) is 2.91. The lowest BCUT2D eigenvalue weighted by molar-refractivity contribution is 0.0628. The first-order valence-electron chi connectivity index (χ1n) is 7.51. The first kappa shape index (κ1) is 15.0. The summed E-state index contributed by atoms with van der Waals surface area (Å²) >= 11 is 0. The van der Waals surface area contributed by atoms with E-state index in [0.29, 0.717) is 6.54 Å². The molecular formula is C14H25N5O. The van der Waals surface area contributed by atoms with Gasteiger partial charge < -0.3 is 10.6 Å². The maximum Gasteiger partial charge on any atom is 0.293 e. The number of hydrogen-bond acceptors (Lipinski definition) is 4. The summed E-state index contributed by atoms with van der Waals surface area (Å²) in [6.07, 6.45) is 3.92. The van der Waals surface area contributed by atoms with Crippen molar-refractivity contribution >= 4 is 5.91 Å². The Hall–Kier alpha value is -1.43. The fourth-order valence-corrected chi connectivity index (χ4v) is 2.74. The number of aromatic amines is 1. The number of carbonyl (C=O) groups is 1. The third kappa shape index (κ3) is 3.17. The fraction of sp³-hybridized carbons (Fsp3) is 0.786. The molecule has 6 heteroatoms. The number of H-pyrrole nitrogens is 1. The minimum atomic E-state index is -0.0730. The second kappa shape index (κ2) is 6.35. The second-order valence-electron chi connectivity index (χ2n) is 5.86. The Labute approximate surface area is 120 Å². The minimum Gasteiger partial charge on any atom is -0.333 e. The number of carbonyl (C=O) groups excluding carboxylic acids is 1. The van der Waals surface area contributed by atoms with E-state index < -0.39 is 0 Å². The molecule has 1 aromatic rings. The van der Waals surface area contributed by atoms with E-state index >= 15 is 0 Å². The van der Waals surface area contributed by atoms with Crippen LogP contribution in [0.25, 0.3) is 0 Å². The molecule has 0 atom stereocenters. The standard InChI is InChI=1S/C14H25N5O/c1-4-19(11-7-5-10(15)6-8-11)14(20)13-16-12(9(2)3)17-18-13/h9-11H,4-8,15H2,1-3H3,(H,16,17,18). The zero-order chi connectivity index (χ0) is 14.7. The number of rotatable bonds is 4. The van der Waals surface area contributed by atoms with Crippen LogP contribution in [0.15, 0.2) is 0 Å². The first-order valence-corrected chi connectivity index (χ1v) is 7.51. The van der Waals surface area contributed by atoms with Gasteiger partial charge in [0, 0.05) is 24.5 Å². The molecule has 1 heterocycles. The number of amides is 1. The first-order chi connectivity index (χ1) is 9.52. The van der Waals surface area contributed by atoms with Crippen molar-refractivity contribution in [3.8, 4) is 0 Å². The highest BCUT2D eigenvalue weighted by molar-refractivity contribution is 5.90. The van der Waals surface area contributed by atoms with E-state index in [2.05, 4.69) is 15.2 Å². The van der Waals surface area contributed by atoms with Crippen LogP contribution >= 0.6 is 0 Å². The lowest BCUT2D eigenvalue weighted by Gasteiger charge is -2.34. The Morgan fingerprint density at radius 2 is 2.05 bits per heavy atom. The normalized spacial score (nSPS) is 23.1. The van der Waals surface area contributed by atoms with E-state index in [-0.39, 0.29) is 29.7 Å². The van der Waals surface area contributed by atoms with Crippen molar-refractivity contribution in [2.45, 2.75) is 64.5 Å². The zero-order valence-corrected chi connectivity index (χ0v) is 12.6. The van der Waals surface area contributed by atoms with Crippen molar-refractivity contribution in [1.29, 1.82) is 0 Å². The second-order valence-corrected chi connectivity index (χ2v) is 5.86. The van der Waals surface area contributed by atoms with Crippen molar-refractivity contribution in [3.63, 3.8) is 0 Å². The van der Waals surface area contributed by atoms with Gasteiger partial charge in [-0.2, -0.15) is 0 Å². The molecule has 1 amide bonds. The van der Waals surface area contributed by atoms with Crippen molar-refractivity contribution in [2.75, 3.05) is 6.54 Å². The molecule has 1 saturated carbocycles. The molecule has 1 aliphatic carbocycles. The quantitative estimate of drug-likeness (QED) is 0.877. The average molecular weight is 279 g/mol. The predicted octanol–water partition coefficient (Wildman–Crippen LogP) is 1.66. The number of hydrogen-bond donors (Lipinski definition) is 2. The van der Waals surface area contributed by atoms with Crippen LogP contribution in [0.2, 0.25) is 0 Å². The topological polar surface area (TPSA) is 87.9 Å². The molecule has 1 aromatic heterocycles. The molecule has 0 saturated heterocycles. The monoisotopic (exact) mass is 279 g/mol. The fourth-order valence-electron chi connectivity index (χ4n) is 2.74. The Morgan fingerprint density at radius 1 is 1.40 bits per heavy atom. The lowest BCUT2D eigenvalue weighted by atomic mass is 9.90. The summed E-state index contributed by atoms with van der Waals surface area (Å²) in [4.78, 5) is 18.7. The number of nitrogens with one attached hydrogen (secondary N) is 1. The molecule has 0 aromatic carbocycles. The molecule has 20 heavy (non-hydrogen) atoms. The Balaban J connectivity index is 2.08. The Bertz CT molecular complexity index is 448. The van der Waals surface area contributed by atoms with Crippen LogP contribution in [0.4, 0.5) is 0 Å². The SMILES string of the molecule is CCN(C(=O)c1n[nH]c(C(C)C)n1)C1CCC(N)CC1. The summed E-state index contributed by atoms with van der Waals surface area (Å²) in [6, 6.07) is 0.560. The van der Waals surface area contributed by atoms with Crippen LogP contribution in [0.1, 0.15) is 68.8 Å². The molecule has 0 bridgehead atoms. The van der Waals surface area contributed by atoms with Crippen LogP contribution in [0, 0.1) is 0 Å². The molecule has 0 aliphatic heterocycles. The Morgan fingerprint density at radius 3 is 2.55 bits per heavy atom. The van der Waals surface area contributed by atoms with Crippen LogP contribution in [0.5, 0.6) is 0 Å². The molecule has 112 valence electrons. The number of nitrogens with two attached hydrogens (primary N) is 1. The largest absolute Gasteiger partial charge is 0.333 e. The smallest absolute Gasteiger partial charge is 0.293 e. The van der Waals surface area contributed by atoms with Gasteiger partial charge in [-0.15, -0.1) is 5.10 Å². The van der Waals surface area contributed by atoms with E-state index in [1.54, 1.807) is 0 Å². The van der Waals surface area contributed by atoms with Crippen LogP contribution in [-0.2, 0) is 0 Å². The van der Waals surface area contributed by atoms with Gasteiger partial charge in [-0.3, -0.25) is 9.89 Å². The minimum absolute atomic E-state index is 0.0730. The van der Waals surface area contributed by atoms with E-state index in [0.717, 1.165) is 31.5 Å². The van der Waals surface area contributed by atoms with Gasteiger partial charge in [-0.25, -0.2) is 4.98 Å². The lowest BCUT2D eigenvalue weighted by Crippen LogP contribution is -2.44. The summed E-state index contributed by atoms with van der Waals surface area (Å²) < 4.78 is 0. The highest BCUT2D eigenvalue weighted by atomic mass is 16.2. The molecule has 1 aliphatic rings. The van der Waals surface area contributed by atoms with Gasteiger partial charge in [-0.05, 0) is 32.6 Å². The summed E-state index contributed by atoms with van der Waals surface area (Å²) in [5, 5.41) is 6.91. The molecule has 3 N–H and O–H groups in total. The molecule has 1 fully saturated rings. The summed E-state index contributed by atoms with van der Waals surface area (Å²) in [5.74, 6) is 1.21. The van der Waals surface area contributed by atoms with Crippen molar-refractivity contribution < 1.29 is 4.79 Å². The molecule has 0 unspecified atom stereocenters. The van der Waals surface area contributed by atoms with E-state index in [9.17, 15) is 4.79 Å². The van der Waals surface area contributed by atoms with Crippen LogP contribution in [0.3, 0.4) is 0 Å². The third-order valence-electron chi connectivity index (χ3n) is 4.02. The Kier molecular flexibility index (Phi) is 4.75. The molecule has 6 nitrogen and oxygen atoms in total. The van der Waals surface area contributed by atoms with Crippen LogP contribution < -0.4 is 5.73 Å². The third-order valence-corrected chi connectivity index (χ3v) is 4.02. The van der Waals surface area contributed by atoms with Gasteiger partial charge in [0.15, 0.2) is 0 Å². The van der Waals surface area contributed by atoms with Gasteiger partial charge in [-0.1, -0.05) is 13.8 Å². The zero-order valence-electron chi connectivity index (χ0n) is 12.6. The predicted molar refractivity (Wildman–Crippen MR) is 77.4 cm³/mol. The van der Waals surface area contributed by atoms with Gasteiger partial charge in [0.2, 0.25) is 5.82 Å². The summed E-state index contributed by atoms with van der Waals surface area (Å²) in [6.45, 7) is 6.73. The highest BCUT2D eigenvalue weighted by Crippen LogP contribution is 2.23. The van der Waals surface area contributed by atoms with E-state index in [4.69, 9.17) is 5.73 Å². The number of nitrogens with zero attached hydrogens (tertiary/aromatic N) is 3. The summed E-state index contributed by atoms with van der Waals surface area (Å²) in [7, 11) is 0. The van der Waals surface area contributed by atoms with Gasteiger partial charge >= 0.3 is 0 Å².